The van der Waals surface area contributed by atoms with Crippen LogP contribution >= 0.6 is 39.1 Å². The van der Waals surface area contributed by atoms with Crippen LogP contribution in [0, 0.1) is 0 Å². The molecule has 0 bridgehead atoms. The van der Waals surface area contributed by atoms with Gasteiger partial charge in [0.1, 0.15) is 5.75 Å². The van der Waals surface area contributed by atoms with E-state index in [9.17, 15) is 0 Å². The number of hydrazone groups is 1. The Morgan fingerprint density at radius 3 is 2.56 bits per heavy atom. The lowest BCUT2D eigenvalue weighted by molar-refractivity contribution is -0.0190. The number of benzene rings is 4. The third-order valence-electron chi connectivity index (χ3n) is 6.06. The van der Waals surface area contributed by atoms with E-state index in [1.54, 1.807) is 6.07 Å². The topological polar surface area (TPSA) is 24.8 Å². The zero-order chi connectivity index (χ0) is 21.8. The first-order valence-electron chi connectivity index (χ1n) is 10.3. The highest BCUT2D eigenvalue weighted by Gasteiger charge is 2.41. The summed E-state index contributed by atoms with van der Waals surface area (Å²) in [5.41, 5.74) is 4.11. The Bertz CT molecular complexity index is 1400. The standard InChI is InChI=1S/C26H17BrCl2N2O/c27-18-7-10-25-21(12-18)24-14-23(17-6-5-15-3-1-2-4-16(15)11-17)30-31(24)26(32-25)20-9-8-19(28)13-22(20)29/h1-13,24,26H,14H2/t24-,26-/m1/s1. The molecule has 4 aromatic rings. The zero-order valence-electron chi connectivity index (χ0n) is 16.8. The van der Waals surface area contributed by atoms with Crippen LogP contribution < -0.4 is 4.74 Å². The molecule has 3 nitrogen and oxygen atoms in total. The molecule has 6 rings (SSSR count). The number of nitrogens with zero attached hydrogens (tertiary/aromatic N) is 2. The van der Waals surface area contributed by atoms with Crippen LogP contribution in [-0.4, -0.2) is 10.7 Å². The van der Waals surface area contributed by atoms with Crippen LogP contribution in [0.5, 0.6) is 5.75 Å². The fourth-order valence-electron chi connectivity index (χ4n) is 4.51. The summed E-state index contributed by atoms with van der Waals surface area (Å²) in [6.45, 7) is 0. The van der Waals surface area contributed by atoms with Gasteiger partial charge in [0.05, 0.1) is 16.8 Å². The maximum Gasteiger partial charge on any atom is 0.215 e. The zero-order valence-corrected chi connectivity index (χ0v) is 19.9. The molecule has 0 radical (unpaired) electrons. The van der Waals surface area contributed by atoms with Gasteiger partial charge in [-0.05, 0) is 52.7 Å². The summed E-state index contributed by atoms with van der Waals surface area (Å²) in [5, 5.41) is 10.7. The van der Waals surface area contributed by atoms with Crippen molar-refractivity contribution in [3.05, 3.63) is 110 Å². The molecule has 158 valence electrons. The van der Waals surface area contributed by atoms with Gasteiger partial charge in [-0.3, -0.25) is 0 Å². The third-order valence-corrected chi connectivity index (χ3v) is 7.12. The predicted octanol–water partition coefficient (Wildman–Crippen LogP) is 8.15. The first-order chi connectivity index (χ1) is 15.6. The highest BCUT2D eigenvalue weighted by Crippen LogP contribution is 2.49. The van der Waals surface area contributed by atoms with Crippen molar-refractivity contribution in [3.8, 4) is 5.75 Å². The van der Waals surface area contributed by atoms with Gasteiger partial charge in [-0.1, -0.05) is 81.6 Å². The van der Waals surface area contributed by atoms with E-state index in [1.807, 2.05) is 29.3 Å². The monoisotopic (exact) mass is 522 g/mol. The minimum atomic E-state index is -0.434. The largest absolute Gasteiger partial charge is 0.464 e. The van der Waals surface area contributed by atoms with Gasteiger partial charge in [0.2, 0.25) is 6.23 Å². The van der Waals surface area contributed by atoms with Crippen molar-refractivity contribution in [1.82, 2.24) is 5.01 Å². The summed E-state index contributed by atoms with van der Waals surface area (Å²) in [6.07, 6.45) is 0.351. The molecule has 2 atom stereocenters. The lowest BCUT2D eigenvalue weighted by Crippen LogP contribution is -2.33. The van der Waals surface area contributed by atoms with E-state index < -0.39 is 6.23 Å². The quantitative estimate of drug-likeness (QED) is 0.265. The highest BCUT2D eigenvalue weighted by atomic mass is 79.9. The van der Waals surface area contributed by atoms with Gasteiger partial charge in [-0.15, -0.1) is 0 Å². The van der Waals surface area contributed by atoms with E-state index in [0.717, 1.165) is 39.0 Å². The molecule has 0 aromatic heterocycles. The van der Waals surface area contributed by atoms with Gasteiger partial charge >= 0.3 is 0 Å². The van der Waals surface area contributed by atoms with E-state index >= 15 is 0 Å². The van der Waals surface area contributed by atoms with Crippen molar-refractivity contribution in [2.45, 2.75) is 18.7 Å². The van der Waals surface area contributed by atoms with E-state index in [2.05, 4.69) is 64.5 Å². The normalized spacial score (nSPS) is 19.3. The molecular weight excluding hydrogens is 507 g/mol. The van der Waals surface area contributed by atoms with E-state index in [4.69, 9.17) is 33.0 Å². The maximum atomic E-state index is 6.58. The van der Waals surface area contributed by atoms with Crippen molar-refractivity contribution in [2.24, 2.45) is 5.10 Å². The molecule has 0 spiro atoms. The van der Waals surface area contributed by atoms with E-state index in [-0.39, 0.29) is 6.04 Å². The minimum Gasteiger partial charge on any atom is -0.464 e. The molecule has 0 unspecified atom stereocenters. The number of rotatable bonds is 2. The summed E-state index contributed by atoms with van der Waals surface area (Å²) >= 11 is 16.3. The van der Waals surface area contributed by atoms with Crippen LogP contribution in [0.2, 0.25) is 10.0 Å². The first kappa shape index (κ1) is 20.1. The lowest BCUT2D eigenvalue weighted by atomic mass is 9.95. The average Bonchev–Trinajstić information content (AvgIpc) is 3.25. The van der Waals surface area contributed by atoms with Crippen molar-refractivity contribution < 1.29 is 4.74 Å². The Morgan fingerprint density at radius 1 is 0.875 bits per heavy atom. The van der Waals surface area contributed by atoms with Gasteiger partial charge in [0.15, 0.2) is 0 Å². The van der Waals surface area contributed by atoms with Crippen molar-refractivity contribution in [1.29, 1.82) is 0 Å². The molecule has 2 heterocycles. The molecule has 0 aliphatic carbocycles. The smallest absolute Gasteiger partial charge is 0.215 e. The van der Waals surface area contributed by atoms with Gasteiger partial charge < -0.3 is 4.74 Å². The fraction of sp³-hybridized carbons (Fsp3) is 0.115. The van der Waals surface area contributed by atoms with Crippen LogP contribution in [0.1, 0.15) is 35.4 Å². The molecule has 32 heavy (non-hydrogen) atoms. The molecule has 6 heteroatoms. The number of ether oxygens (including phenoxy) is 1. The Kier molecular flexibility index (Phi) is 4.90. The number of fused-ring (bicyclic) bond motifs is 4. The fourth-order valence-corrected chi connectivity index (χ4v) is 5.39. The molecule has 0 saturated carbocycles. The maximum absolute atomic E-state index is 6.58. The Balaban J connectivity index is 1.47. The van der Waals surface area contributed by atoms with Gasteiger partial charge in [0.25, 0.3) is 0 Å². The first-order valence-corrected chi connectivity index (χ1v) is 11.9. The van der Waals surface area contributed by atoms with E-state index in [1.165, 1.54) is 10.8 Å². The Morgan fingerprint density at radius 2 is 1.72 bits per heavy atom. The molecular formula is C26H17BrCl2N2O. The molecule has 2 aliphatic rings. The van der Waals surface area contributed by atoms with Crippen LogP contribution in [0.15, 0.2) is 88.4 Å². The van der Waals surface area contributed by atoms with Crippen molar-refractivity contribution in [2.75, 3.05) is 0 Å². The molecule has 0 saturated heterocycles. The van der Waals surface area contributed by atoms with Gasteiger partial charge in [-0.2, -0.15) is 5.10 Å². The summed E-state index contributed by atoms with van der Waals surface area (Å²) < 4.78 is 7.45. The molecule has 0 fully saturated rings. The third kappa shape index (κ3) is 3.38. The molecule has 0 N–H and O–H groups in total. The number of hydrogen-bond acceptors (Lipinski definition) is 3. The van der Waals surface area contributed by atoms with Crippen molar-refractivity contribution in [3.63, 3.8) is 0 Å². The number of halogens is 3. The van der Waals surface area contributed by atoms with Crippen LogP contribution in [0.25, 0.3) is 10.8 Å². The number of hydrogen-bond donors (Lipinski definition) is 0. The van der Waals surface area contributed by atoms with Crippen LogP contribution in [0.3, 0.4) is 0 Å². The molecule has 0 amide bonds. The predicted molar refractivity (Wildman–Crippen MR) is 134 cm³/mol. The SMILES string of the molecule is Clc1ccc([C@H]2Oc3ccc(Br)cc3[C@H]3CC(c4ccc5ccccc5c4)=NN32)c(Cl)c1. The summed E-state index contributed by atoms with van der Waals surface area (Å²) in [7, 11) is 0. The van der Waals surface area contributed by atoms with Crippen LogP contribution in [-0.2, 0) is 0 Å². The lowest BCUT2D eigenvalue weighted by Gasteiger charge is -2.38. The summed E-state index contributed by atoms with van der Waals surface area (Å²) in [6, 6.07) is 26.5. The van der Waals surface area contributed by atoms with Gasteiger partial charge in [0, 0.05) is 27.0 Å². The second-order valence-electron chi connectivity index (χ2n) is 8.03. The summed E-state index contributed by atoms with van der Waals surface area (Å²) in [5.74, 6) is 0.848. The van der Waals surface area contributed by atoms with Crippen molar-refractivity contribution >= 4 is 55.6 Å². The summed E-state index contributed by atoms with van der Waals surface area (Å²) in [4.78, 5) is 0. The van der Waals surface area contributed by atoms with E-state index in [0.29, 0.717) is 10.0 Å². The molecule has 4 aromatic carbocycles. The highest BCUT2D eigenvalue weighted by molar-refractivity contribution is 9.10. The second-order valence-corrected chi connectivity index (χ2v) is 9.79. The minimum absolute atomic E-state index is 0.0504. The second kappa shape index (κ2) is 7.80. The Hall–Kier alpha value is -2.53. The van der Waals surface area contributed by atoms with Gasteiger partial charge in [-0.25, -0.2) is 5.01 Å². The van der Waals surface area contributed by atoms with Crippen LogP contribution in [0.4, 0.5) is 0 Å². The Labute approximate surface area is 204 Å². The average molecular weight is 524 g/mol. The molecule has 2 aliphatic heterocycles.